The number of carbonyl (C=O) groups is 1. The van der Waals surface area contributed by atoms with E-state index in [9.17, 15) is 4.79 Å². The van der Waals surface area contributed by atoms with Gasteiger partial charge in [0, 0.05) is 25.7 Å². The van der Waals surface area contributed by atoms with E-state index in [1.54, 1.807) is 0 Å². The van der Waals surface area contributed by atoms with Gasteiger partial charge in [-0.3, -0.25) is 4.79 Å². The summed E-state index contributed by atoms with van der Waals surface area (Å²) in [6.45, 7) is 11.3. The molecule has 2 N–H and O–H groups in total. The van der Waals surface area contributed by atoms with Crippen LogP contribution in [0.4, 0.5) is 0 Å². The molecule has 1 aliphatic heterocycles. The normalized spacial score (nSPS) is 20.7. The zero-order valence-corrected chi connectivity index (χ0v) is 14.7. The molecule has 0 aliphatic carbocycles. The van der Waals surface area contributed by atoms with Gasteiger partial charge in [0.1, 0.15) is 0 Å². The minimum atomic E-state index is -0.231. The monoisotopic (exact) mass is 317 g/mol. The SMILES string of the molecule is CCN(CC)CC1CCN(C(=O)C(C)C(N)c2ccccc2)C1. The maximum absolute atomic E-state index is 12.8. The van der Waals surface area contributed by atoms with Crippen LogP contribution >= 0.6 is 0 Å². The number of carbonyl (C=O) groups excluding carboxylic acids is 1. The van der Waals surface area contributed by atoms with Gasteiger partial charge < -0.3 is 15.5 Å². The number of nitrogens with two attached hydrogens (primary N) is 1. The third kappa shape index (κ3) is 4.55. The molecule has 3 unspecified atom stereocenters. The van der Waals surface area contributed by atoms with E-state index in [0.29, 0.717) is 5.92 Å². The van der Waals surface area contributed by atoms with Gasteiger partial charge in [0.05, 0.1) is 5.92 Å². The van der Waals surface area contributed by atoms with Gasteiger partial charge in [-0.25, -0.2) is 0 Å². The fourth-order valence-electron chi connectivity index (χ4n) is 3.43. The van der Waals surface area contributed by atoms with Crippen molar-refractivity contribution in [1.29, 1.82) is 0 Å². The second-order valence-corrected chi connectivity index (χ2v) is 6.65. The summed E-state index contributed by atoms with van der Waals surface area (Å²) in [6.07, 6.45) is 1.11. The van der Waals surface area contributed by atoms with Crippen molar-refractivity contribution in [2.45, 2.75) is 33.2 Å². The number of amides is 1. The van der Waals surface area contributed by atoms with Crippen molar-refractivity contribution in [1.82, 2.24) is 9.80 Å². The van der Waals surface area contributed by atoms with Crippen LogP contribution in [0.15, 0.2) is 30.3 Å². The Labute approximate surface area is 140 Å². The minimum absolute atomic E-state index is 0.176. The third-order valence-corrected chi connectivity index (χ3v) is 5.12. The van der Waals surface area contributed by atoms with Gasteiger partial charge in [0.2, 0.25) is 5.91 Å². The molecule has 0 saturated carbocycles. The molecule has 1 fully saturated rings. The first-order valence-corrected chi connectivity index (χ1v) is 8.88. The number of likely N-dealkylation sites (tertiary alicyclic amines) is 1. The van der Waals surface area contributed by atoms with Gasteiger partial charge in [-0.15, -0.1) is 0 Å². The number of benzene rings is 1. The van der Waals surface area contributed by atoms with Crippen LogP contribution in [0.5, 0.6) is 0 Å². The predicted molar refractivity (Wildman–Crippen MR) is 95.0 cm³/mol. The third-order valence-electron chi connectivity index (χ3n) is 5.12. The molecule has 1 aromatic rings. The van der Waals surface area contributed by atoms with E-state index in [2.05, 4.69) is 18.7 Å². The largest absolute Gasteiger partial charge is 0.342 e. The first-order chi connectivity index (χ1) is 11.1. The Morgan fingerprint density at radius 1 is 1.30 bits per heavy atom. The Morgan fingerprint density at radius 2 is 1.96 bits per heavy atom. The highest BCUT2D eigenvalue weighted by molar-refractivity contribution is 5.79. The van der Waals surface area contributed by atoms with Gasteiger partial charge in [-0.1, -0.05) is 51.1 Å². The average Bonchev–Trinajstić information content (AvgIpc) is 3.07. The van der Waals surface area contributed by atoms with Gasteiger partial charge in [-0.2, -0.15) is 0 Å². The zero-order chi connectivity index (χ0) is 16.8. The fourth-order valence-corrected chi connectivity index (χ4v) is 3.43. The Bertz CT molecular complexity index is 487. The summed E-state index contributed by atoms with van der Waals surface area (Å²) in [5.74, 6) is 0.618. The summed E-state index contributed by atoms with van der Waals surface area (Å²) in [7, 11) is 0. The van der Waals surface area contributed by atoms with Crippen molar-refractivity contribution in [3.8, 4) is 0 Å². The molecule has 1 amide bonds. The first-order valence-electron chi connectivity index (χ1n) is 8.88. The lowest BCUT2D eigenvalue weighted by molar-refractivity contribution is -0.134. The van der Waals surface area contributed by atoms with Crippen LogP contribution in [0.25, 0.3) is 0 Å². The fraction of sp³-hybridized carbons (Fsp3) is 0.632. The quantitative estimate of drug-likeness (QED) is 0.840. The molecule has 1 aromatic carbocycles. The summed E-state index contributed by atoms with van der Waals surface area (Å²) in [6, 6.07) is 9.69. The summed E-state index contributed by atoms with van der Waals surface area (Å²) in [5, 5.41) is 0. The maximum atomic E-state index is 12.8. The van der Waals surface area contributed by atoms with E-state index < -0.39 is 0 Å². The molecule has 23 heavy (non-hydrogen) atoms. The van der Waals surface area contributed by atoms with Gasteiger partial charge in [0.15, 0.2) is 0 Å². The van der Waals surface area contributed by atoms with Crippen molar-refractivity contribution >= 4 is 5.91 Å². The predicted octanol–water partition coefficient (Wildman–Crippen LogP) is 2.51. The van der Waals surface area contributed by atoms with Crippen molar-refractivity contribution in [2.75, 3.05) is 32.7 Å². The molecular formula is C19H31N3O. The Morgan fingerprint density at radius 3 is 2.57 bits per heavy atom. The van der Waals surface area contributed by atoms with Crippen LogP contribution in [-0.4, -0.2) is 48.4 Å². The lowest BCUT2D eigenvalue weighted by Gasteiger charge is -2.26. The highest BCUT2D eigenvalue weighted by Crippen LogP contribution is 2.25. The van der Waals surface area contributed by atoms with E-state index in [4.69, 9.17) is 5.73 Å². The highest BCUT2D eigenvalue weighted by Gasteiger charge is 2.32. The van der Waals surface area contributed by atoms with E-state index in [-0.39, 0.29) is 17.9 Å². The standard InChI is InChI=1S/C19H31N3O/c1-4-21(5-2)13-16-11-12-22(14-16)19(23)15(3)18(20)17-9-7-6-8-10-17/h6-10,15-16,18H,4-5,11-14,20H2,1-3H3. The Balaban J connectivity index is 1.91. The van der Waals surface area contributed by atoms with Crippen molar-refractivity contribution in [3.05, 3.63) is 35.9 Å². The maximum Gasteiger partial charge on any atom is 0.227 e. The minimum Gasteiger partial charge on any atom is -0.342 e. The Kier molecular flexibility index (Phi) is 6.60. The van der Waals surface area contributed by atoms with Crippen LogP contribution in [0.3, 0.4) is 0 Å². The number of hydrogen-bond donors (Lipinski definition) is 1. The molecule has 2 rings (SSSR count). The van der Waals surface area contributed by atoms with Crippen LogP contribution in [0, 0.1) is 11.8 Å². The molecule has 4 nitrogen and oxygen atoms in total. The molecule has 1 saturated heterocycles. The number of rotatable bonds is 7. The molecule has 1 aliphatic rings. The van der Waals surface area contributed by atoms with Gasteiger partial charge >= 0.3 is 0 Å². The molecule has 4 heteroatoms. The van der Waals surface area contributed by atoms with Crippen LogP contribution in [0.2, 0.25) is 0 Å². The average molecular weight is 317 g/mol. The number of hydrogen-bond acceptors (Lipinski definition) is 3. The smallest absolute Gasteiger partial charge is 0.227 e. The lowest BCUT2D eigenvalue weighted by atomic mass is 9.94. The molecule has 0 radical (unpaired) electrons. The second kappa shape index (κ2) is 8.46. The molecular weight excluding hydrogens is 286 g/mol. The highest BCUT2D eigenvalue weighted by atomic mass is 16.2. The van der Waals surface area contributed by atoms with Crippen molar-refractivity contribution in [3.63, 3.8) is 0 Å². The molecule has 1 heterocycles. The topological polar surface area (TPSA) is 49.6 Å². The van der Waals surface area contributed by atoms with Gasteiger partial charge in [0.25, 0.3) is 0 Å². The summed E-state index contributed by atoms with van der Waals surface area (Å²) in [5.41, 5.74) is 7.34. The summed E-state index contributed by atoms with van der Waals surface area (Å²) >= 11 is 0. The van der Waals surface area contributed by atoms with Gasteiger partial charge in [-0.05, 0) is 31.0 Å². The second-order valence-electron chi connectivity index (χ2n) is 6.65. The van der Waals surface area contributed by atoms with Crippen LogP contribution in [0.1, 0.15) is 38.8 Å². The Hall–Kier alpha value is -1.39. The molecule has 128 valence electrons. The molecule has 0 spiro atoms. The van der Waals surface area contributed by atoms with Crippen LogP contribution in [-0.2, 0) is 4.79 Å². The van der Waals surface area contributed by atoms with Crippen molar-refractivity contribution < 1.29 is 4.79 Å². The van der Waals surface area contributed by atoms with Crippen LogP contribution < -0.4 is 5.73 Å². The lowest BCUT2D eigenvalue weighted by Crippen LogP contribution is -2.39. The molecule has 0 bridgehead atoms. The van der Waals surface area contributed by atoms with Crippen molar-refractivity contribution in [2.24, 2.45) is 17.6 Å². The zero-order valence-electron chi connectivity index (χ0n) is 14.7. The van der Waals surface area contributed by atoms with E-state index >= 15 is 0 Å². The summed E-state index contributed by atoms with van der Waals surface area (Å²) in [4.78, 5) is 17.2. The van der Waals surface area contributed by atoms with E-state index in [0.717, 1.165) is 44.7 Å². The molecule has 0 aromatic heterocycles. The molecule has 3 atom stereocenters. The first kappa shape index (κ1) is 18.0. The van der Waals surface area contributed by atoms with E-state index in [1.807, 2.05) is 42.2 Å². The number of nitrogens with zero attached hydrogens (tertiary/aromatic N) is 2. The summed E-state index contributed by atoms with van der Waals surface area (Å²) < 4.78 is 0. The van der Waals surface area contributed by atoms with E-state index in [1.165, 1.54) is 0 Å².